The van der Waals surface area contributed by atoms with Gasteiger partial charge in [-0.3, -0.25) is 4.79 Å². The highest BCUT2D eigenvalue weighted by Gasteiger charge is 2.19. The number of benzene rings is 1. The van der Waals surface area contributed by atoms with Gasteiger partial charge in [0.15, 0.2) is 12.2 Å². The van der Waals surface area contributed by atoms with Crippen LogP contribution in [0.5, 0.6) is 5.75 Å². The van der Waals surface area contributed by atoms with E-state index in [2.05, 4.69) is 26.0 Å². The second-order valence-corrected chi connectivity index (χ2v) is 4.91. The Morgan fingerprint density at radius 1 is 1.35 bits per heavy atom. The zero-order valence-electron chi connectivity index (χ0n) is 11.1. The summed E-state index contributed by atoms with van der Waals surface area (Å²) >= 11 is 3.30. The largest absolute Gasteiger partial charge is 0.481 e. The summed E-state index contributed by atoms with van der Waals surface area (Å²) < 4.78 is 10.7. The van der Waals surface area contributed by atoms with Crippen LogP contribution in [-0.4, -0.2) is 42.8 Å². The van der Waals surface area contributed by atoms with Crippen LogP contribution in [0.2, 0.25) is 0 Å². The molecule has 110 valence electrons. The van der Waals surface area contributed by atoms with Gasteiger partial charge < -0.3 is 19.9 Å². The van der Waals surface area contributed by atoms with Crippen LogP contribution < -0.4 is 10.1 Å². The molecule has 1 amide bonds. The lowest BCUT2D eigenvalue weighted by molar-refractivity contribution is -0.150. The van der Waals surface area contributed by atoms with Crippen molar-refractivity contribution >= 4 is 27.8 Å². The Kier molecular flexibility index (Phi) is 6.47. The van der Waals surface area contributed by atoms with E-state index in [4.69, 9.17) is 4.74 Å². The number of amides is 1. The number of nitrogens with one attached hydrogen (secondary N) is 1. The van der Waals surface area contributed by atoms with Crippen LogP contribution >= 0.6 is 15.9 Å². The monoisotopic (exact) mass is 345 g/mol. The van der Waals surface area contributed by atoms with Gasteiger partial charge in [-0.1, -0.05) is 15.9 Å². The van der Waals surface area contributed by atoms with Gasteiger partial charge in [0.2, 0.25) is 0 Å². The predicted molar refractivity (Wildman–Crippen MR) is 75.3 cm³/mol. The number of carbonyl (C=O) groups excluding carboxylic acids is 2. The molecule has 0 bridgehead atoms. The first-order chi connectivity index (χ1) is 9.43. The van der Waals surface area contributed by atoms with Crippen molar-refractivity contribution in [1.29, 1.82) is 0 Å². The lowest BCUT2D eigenvalue weighted by Gasteiger charge is -2.16. The minimum atomic E-state index is -1.39. The Bertz CT molecular complexity index is 462. The summed E-state index contributed by atoms with van der Waals surface area (Å²) in [5.41, 5.74) is 0. The summed E-state index contributed by atoms with van der Waals surface area (Å²) in [6, 6.07) is 7.02. The molecule has 0 radical (unpaired) electrons. The third-order valence-electron chi connectivity index (χ3n) is 2.44. The van der Waals surface area contributed by atoms with E-state index in [1.807, 2.05) is 0 Å². The molecule has 7 heteroatoms. The van der Waals surface area contributed by atoms with Gasteiger partial charge in [0.05, 0.1) is 13.7 Å². The smallest absolute Gasteiger partial charge is 0.336 e. The quantitative estimate of drug-likeness (QED) is 0.747. The maximum Gasteiger partial charge on any atom is 0.336 e. The van der Waals surface area contributed by atoms with E-state index < -0.39 is 24.1 Å². The van der Waals surface area contributed by atoms with Crippen molar-refractivity contribution in [2.75, 3.05) is 13.7 Å². The second-order valence-electron chi connectivity index (χ2n) is 4.00. The van der Waals surface area contributed by atoms with Gasteiger partial charge in [0.25, 0.3) is 5.91 Å². The Morgan fingerprint density at radius 3 is 2.50 bits per heavy atom. The fourth-order valence-corrected chi connectivity index (χ4v) is 1.60. The molecule has 20 heavy (non-hydrogen) atoms. The van der Waals surface area contributed by atoms with Crippen LogP contribution in [0.15, 0.2) is 28.7 Å². The second kappa shape index (κ2) is 7.86. The van der Waals surface area contributed by atoms with Crippen LogP contribution in [-0.2, 0) is 14.3 Å². The maximum absolute atomic E-state index is 11.7. The molecule has 0 aromatic heterocycles. The van der Waals surface area contributed by atoms with Crippen molar-refractivity contribution in [2.45, 2.75) is 19.1 Å². The first-order valence-electron chi connectivity index (χ1n) is 5.90. The highest BCUT2D eigenvalue weighted by atomic mass is 79.9. The van der Waals surface area contributed by atoms with Crippen molar-refractivity contribution in [2.24, 2.45) is 0 Å². The summed E-state index contributed by atoms with van der Waals surface area (Å²) in [4.78, 5) is 22.7. The molecule has 6 nitrogen and oxygen atoms in total. The minimum Gasteiger partial charge on any atom is -0.481 e. The van der Waals surface area contributed by atoms with Crippen LogP contribution in [0.3, 0.4) is 0 Å². The number of aliphatic hydroxyl groups excluding tert-OH is 1. The van der Waals surface area contributed by atoms with Gasteiger partial charge in [-0.25, -0.2) is 4.79 Å². The number of methoxy groups -OCH3 is 1. The number of aliphatic hydroxyl groups is 1. The molecule has 0 spiro atoms. The molecule has 0 aliphatic rings. The van der Waals surface area contributed by atoms with Crippen molar-refractivity contribution in [3.05, 3.63) is 28.7 Å². The van der Waals surface area contributed by atoms with E-state index in [0.717, 1.165) is 11.6 Å². The molecule has 1 rings (SSSR count). The van der Waals surface area contributed by atoms with Crippen molar-refractivity contribution in [3.8, 4) is 5.75 Å². The third-order valence-corrected chi connectivity index (χ3v) is 2.97. The van der Waals surface area contributed by atoms with Gasteiger partial charge in [-0.15, -0.1) is 0 Å². The average molecular weight is 346 g/mol. The molecular formula is C13H16BrNO5. The van der Waals surface area contributed by atoms with Crippen molar-refractivity contribution < 1.29 is 24.2 Å². The van der Waals surface area contributed by atoms with Crippen LogP contribution in [0.25, 0.3) is 0 Å². The molecular weight excluding hydrogens is 330 g/mol. The first kappa shape index (κ1) is 16.5. The molecule has 2 unspecified atom stereocenters. The molecule has 0 saturated carbocycles. The van der Waals surface area contributed by atoms with Gasteiger partial charge in [-0.2, -0.15) is 0 Å². The minimum absolute atomic E-state index is 0.223. The Hall–Kier alpha value is -1.60. The van der Waals surface area contributed by atoms with Crippen LogP contribution in [0.1, 0.15) is 6.92 Å². The molecule has 1 aromatic carbocycles. The SMILES string of the molecule is COC(=O)C(O)CNC(=O)C(C)Oc1ccc(Br)cc1. The van der Waals surface area contributed by atoms with Gasteiger partial charge in [0.1, 0.15) is 5.75 Å². The molecule has 2 atom stereocenters. The number of rotatable bonds is 6. The molecule has 0 saturated heterocycles. The summed E-state index contributed by atoms with van der Waals surface area (Å²) in [6.07, 6.45) is -2.13. The highest BCUT2D eigenvalue weighted by Crippen LogP contribution is 2.17. The van der Waals surface area contributed by atoms with E-state index in [-0.39, 0.29) is 6.54 Å². The van der Waals surface area contributed by atoms with Gasteiger partial charge in [0, 0.05) is 4.47 Å². The number of hydrogen-bond acceptors (Lipinski definition) is 5. The molecule has 0 heterocycles. The van der Waals surface area contributed by atoms with Crippen LogP contribution in [0.4, 0.5) is 0 Å². The fraction of sp³-hybridized carbons (Fsp3) is 0.385. The standard InChI is InChI=1S/C13H16BrNO5/c1-8(20-10-5-3-9(14)4-6-10)12(17)15-7-11(16)13(18)19-2/h3-6,8,11,16H,7H2,1-2H3,(H,15,17). The molecule has 0 aliphatic heterocycles. The summed E-state index contributed by atoms with van der Waals surface area (Å²) in [5, 5.41) is 11.7. The summed E-state index contributed by atoms with van der Waals surface area (Å²) in [7, 11) is 1.16. The van der Waals surface area contributed by atoms with E-state index in [9.17, 15) is 14.7 Å². The van der Waals surface area contributed by atoms with Gasteiger partial charge in [-0.05, 0) is 31.2 Å². The molecule has 0 fully saturated rings. The normalized spacial score (nSPS) is 13.2. The summed E-state index contributed by atoms with van der Waals surface area (Å²) in [5.74, 6) is -0.688. The summed E-state index contributed by atoms with van der Waals surface area (Å²) in [6.45, 7) is 1.35. The van der Waals surface area contributed by atoms with Crippen molar-refractivity contribution in [1.82, 2.24) is 5.32 Å². The Morgan fingerprint density at radius 2 is 1.95 bits per heavy atom. The Labute approximate surface area is 125 Å². The predicted octanol–water partition coefficient (Wildman–Crippen LogP) is 0.867. The zero-order chi connectivity index (χ0) is 15.1. The highest BCUT2D eigenvalue weighted by molar-refractivity contribution is 9.10. The zero-order valence-corrected chi connectivity index (χ0v) is 12.7. The number of esters is 1. The van der Waals surface area contributed by atoms with E-state index >= 15 is 0 Å². The molecule has 2 N–H and O–H groups in total. The average Bonchev–Trinajstić information content (AvgIpc) is 2.45. The lowest BCUT2D eigenvalue weighted by Crippen LogP contribution is -2.42. The number of ether oxygens (including phenoxy) is 2. The maximum atomic E-state index is 11.7. The van der Waals surface area contributed by atoms with Gasteiger partial charge >= 0.3 is 5.97 Å². The third kappa shape index (κ3) is 5.18. The fourth-order valence-electron chi connectivity index (χ4n) is 1.33. The molecule has 1 aromatic rings. The number of carbonyl (C=O) groups is 2. The molecule has 0 aliphatic carbocycles. The van der Waals surface area contributed by atoms with Crippen LogP contribution in [0, 0.1) is 0 Å². The number of halogens is 1. The van der Waals surface area contributed by atoms with Crippen molar-refractivity contribution in [3.63, 3.8) is 0 Å². The first-order valence-corrected chi connectivity index (χ1v) is 6.69. The topological polar surface area (TPSA) is 84.9 Å². The lowest BCUT2D eigenvalue weighted by atomic mass is 10.3. The number of hydrogen-bond donors (Lipinski definition) is 2. The van der Waals surface area contributed by atoms with E-state index in [1.165, 1.54) is 0 Å². The Balaban J connectivity index is 2.43. The van der Waals surface area contributed by atoms with E-state index in [0.29, 0.717) is 5.75 Å². The van der Waals surface area contributed by atoms with E-state index in [1.54, 1.807) is 31.2 Å².